The Kier molecular flexibility index (Phi) is 5.44. The summed E-state index contributed by atoms with van der Waals surface area (Å²) in [6.45, 7) is 0. The number of carboxylic acid groups (broad SMARTS) is 1. The van der Waals surface area contributed by atoms with Crippen molar-refractivity contribution in [1.29, 1.82) is 0 Å². The predicted molar refractivity (Wildman–Crippen MR) is 46.6 cm³/mol. The summed E-state index contributed by atoms with van der Waals surface area (Å²) >= 11 is 0. The van der Waals surface area contributed by atoms with Crippen LogP contribution < -0.4 is 0 Å². The summed E-state index contributed by atoms with van der Waals surface area (Å²) in [5.41, 5.74) is 0.843. The number of hydrogen-bond donors (Lipinski definition) is 2. The highest BCUT2D eigenvalue weighted by molar-refractivity contribution is 5.70. The molecule has 0 saturated carbocycles. The maximum absolute atomic E-state index is 10.2. The molecule has 0 unspecified atom stereocenters. The first-order valence-corrected chi connectivity index (χ1v) is 3.61. The molecule has 0 aliphatic carbocycles. The van der Waals surface area contributed by atoms with Gasteiger partial charge in [0, 0.05) is 0 Å². The summed E-state index contributed by atoms with van der Waals surface area (Å²) in [6, 6.07) is 9.13. The van der Waals surface area contributed by atoms with E-state index < -0.39 is 11.1 Å². The molecule has 2 N–H and O–H groups in total. The van der Waals surface area contributed by atoms with E-state index in [1.54, 1.807) is 12.1 Å². The Labute approximate surface area is 79.5 Å². The molecular formula is C8H9NO5. The average molecular weight is 199 g/mol. The summed E-state index contributed by atoms with van der Waals surface area (Å²) < 4.78 is 0. The van der Waals surface area contributed by atoms with Gasteiger partial charge in [0.25, 0.3) is 5.09 Å². The maximum Gasteiger partial charge on any atom is 0.307 e. The van der Waals surface area contributed by atoms with E-state index in [1.807, 2.05) is 18.2 Å². The van der Waals surface area contributed by atoms with E-state index in [4.69, 9.17) is 20.4 Å². The van der Waals surface area contributed by atoms with Crippen molar-refractivity contribution < 1.29 is 20.2 Å². The minimum atomic E-state index is -1.50. The lowest BCUT2D eigenvalue weighted by atomic mass is 10.2. The molecule has 6 heteroatoms. The van der Waals surface area contributed by atoms with E-state index in [0.29, 0.717) is 0 Å². The fraction of sp³-hybridized carbons (Fsp3) is 0.125. The van der Waals surface area contributed by atoms with E-state index >= 15 is 0 Å². The van der Waals surface area contributed by atoms with Crippen LogP contribution in [0.15, 0.2) is 30.3 Å². The van der Waals surface area contributed by atoms with Gasteiger partial charge in [-0.15, -0.1) is 10.1 Å². The molecule has 1 rings (SSSR count). The zero-order chi connectivity index (χ0) is 11.0. The largest absolute Gasteiger partial charge is 0.481 e. The van der Waals surface area contributed by atoms with Crippen molar-refractivity contribution in [3.05, 3.63) is 46.0 Å². The Morgan fingerprint density at radius 2 is 1.79 bits per heavy atom. The third kappa shape index (κ3) is 7.99. The number of rotatable bonds is 2. The summed E-state index contributed by atoms with van der Waals surface area (Å²) in [4.78, 5) is 18.5. The summed E-state index contributed by atoms with van der Waals surface area (Å²) in [6.07, 6.45) is 0.112. The van der Waals surface area contributed by atoms with Gasteiger partial charge in [-0.05, 0) is 5.56 Å². The Hall–Kier alpha value is -2.11. The van der Waals surface area contributed by atoms with Crippen molar-refractivity contribution in [3.8, 4) is 0 Å². The van der Waals surface area contributed by atoms with Crippen LogP contribution in [0.5, 0.6) is 0 Å². The molecular weight excluding hydrogens is 190 g/mol. The smallest absolute Gasteiger partial charge is 0.307 e. The summed E-state index contributed by atoms with van der Waals surface area (Å²) in [5, 5.41) is 22.0. The molecule has 0 saturated heterocycles. The Morgan fingerprint density at radius 3 is 2.14 bits per heavy atom. The Bertz CT molecular complexity index is 294. The lowest BCUT2D eigenvalue weighted by Crippen LogP contribution is -1.98. The molecule has 0 radical (unpaired) electrons. The fourth-order valence-electron chi connectivity index (χ4n) is 0.770. The van der Waals surface area contributed by atoms with Crippen LogP contribution in [-0.4, -0.2) is 21.4 Å². The quantitative estimate of drug-likeness (QED) is 0.545. The second-order valence-electron chi connectivity index (χ2n) is 2.29. The van der Waals surface area contributed by atoms with Gasteiger partial charge < -0.3 is 10.3 Å². The molecule has 0 aliphatic heterocycles. The number of aliphatic carboxylic acids is 1. The molecule has 0 bridgehead atoms. The molecule has 0 heterocycles. The number of nitrogens with zero attached hydrogens (tertiary/aromatic N) is 1. The standard InChI is InChI=1S/C8H8O2.HNO3/c9-8(10)6-7-4-2-1-3-5-7;2-1(3)4/h1-5H,6H2,(H,9,10);(H,2,3,4). The first kappa shape index (κ1) is 11.9. The first-order valence-electron chi connectivity index (χ1n) is 3.61. The molecule has 6 nitrogen and oxygen atoms in total. The molecule has 14 heavy (non-hydrogen) atoms. The molecule has 0 aromatic heterocycles. The van der Waals surface area contributed by atoms with Crippen LogP contribution in [-0.2, 0) is 11.2 Å². The normalized spacial score (nSPS) is 8.29. The van der Waals surface area contributed by atoms with E-state index in [0.717, 1.165) is 5.56 Å². The number of carboxylic acids is 1. The molecule has 76 valence electrons. The molecule has 1 aromatic rings. The zero-order valence-electron chi connectivity index (χ0n) is 7.16. The highest BCUT2D eigenvalue weighted by Gasteiger charge is 1.96. The highest BCUT2D eigenvalue weighted by Crippen LogP contribution is 1.98. The summed E-state index contributed by atoms with van der Waals surface area (Å²) in [7, 11) is 0. The zero-order valence-corrected chi connectivity index (χ0v) is 7.16. The lowest BCUT2D eigenvalue weighted by Gasteiger charge is -1.92. The Morgan fingerprint density at radius 1 is 1.36 bits per heavy atom. The van der Waals surface area contributed by atoms with Crippen molar-refractivity contribution in [2.75, 3.05) is 0 Å². The second-order valence-corrected chi connectivity index (χ2v) is 2.29. The van der Waals surface area contributed by atoms with Gasteiger partial charge in [0.2, 0.25) is 0 Å². The van der Waals surface area contributed by atoms with Crippen LogP contribution in [0, 0.1) is 10.1 Å². The van der Waals surface area contributed by atoms with Crippen molar-refractivity contribution >= 4 is 5.97 Å². The van der Waals surface area contributed by atoms with Crippen LogP contribution in [0.4, 0.5) is 0 Å². The van der Waals surface area contributed by atoms with Gasteiger partial charge >= 0.3 is 5.97 Å². The predicted octanol–water partition coefficient (Wildman–Crippen LogP) is 0.966. The van der Waals surface area contributed by atoms with Crippen LogP contribution >= 0.6 is 0 Å². The molecule has 0 aliphatic rings. The number of carbonyl (C=O) groups is 1. The highest BCUT2D eigenvalue weighted by atomic mass is 16.9. The van der Waals surface area contributed by atoms with Crippen LogP contribution in [0.2, 0.25) is 0 Å². The Balaban J connectivity index is 0.000000364. The molecule has 0 spiro atoms. The van der Waals surface area contributed by atoms with Gasteiger partial charge in [-0.1, -0.05) is 30.3 Å². The van der Waals surface area contributed by atoms with Gasteiger partial charge in [0.15, 0.2) is 0 Å². The molecule has 0 atom stereocenters. The van der Waals surface area contributed by atoms with Crippen molar-refractivity contribution in [3.63, 3.8) is 0 Å². The van der Waals surface area contributed by atoms with Gasteiger partial charge in [-0.25, -0.2) is 0 Å². The third-order valence-electron chi connectivity index (χ3n) is 1.20. The van der Waals surface area contributed by atoms with Crippen LogP contribution in [0.3, 0.4) is 0 Å². The average Bonchev–Trinajstić information content (AvgIpc) is 2.03. The van der Waals surface area contributed by atoms with E-state index in [9.17, 15) is 4.79 Å². The van der Waals surface area contributed by atoms with Crippen LogP contribution in [0.1, 0.15) is 5.56 Å². The lowest BCUT2D eigenvalue weighted by molar-refractivity contribution is -0.742. The fourth-order valence-corrected chi connectivity index (χ4v) is 0.770. The van der Waals surface area contributed by atoms with E-state index in [-0.39, 0.29) is 6.42 Å². The second kappa shape index (κ2) is 6.41. The van der Waals surface area contributed by atoms with Gasteiger partial charge in [0.1, 0.15) is 0 Å². The van der Waals surface area contributed by atoms with Gasteiger partial charge in [0.05, 0.1) is 6.42 Å². The van der Waals surface area contributed by atoms with E-state index in [1.165, 1.54) is 0 Å². The summed E-state index contributed by atoms with van der Waals surface area (Å²) in [5.74, 6) is -0.786. The third-order valence-corrected chi connectivity index (χ3v) is 1.20. The first-order chi connectivity index (χ1) is 6.52. The van der Waals surface area contributed by atoms with Gasteiger partial charge in [-0.2, -0.15) is 0 Å². The monoisotopic (exact) mass is 199 g/mol. The number of benzene rings is 1. The van der Waals surface area contributed by atoms with Gasteiger partial charge in [-0.3, -0.25) is 4.79 Å². The SMILES string of the molecule is O=C(O)Cc1ccccc1.O=[N+]([O-])O. The minimum absolute atomic E-state index is 0.112. The molecule has 1 aromatic carbocycles. The maximum atomic E-state index is 10.2. The van der Waals surface area contributed by atoms with Crippen LogP contribution in [0.25, 0.3) is 0 Å². The van der Waals surface area contributed by atoms with E-state index in [2.05, 4.69) is 0 Å². The topological polar surface area (TPSA) is 101 Å². The van der Waals surface area contributed by atoms with Crippen molar-refractivity contribution in [2.45, 2.75) is 6.42 Å². The molecule has 0 fully saturated rings. The molecule has 0 amide bonds. The van der Waals surface area contributed by atoms with Crippen molar-refractivity contribution in [1.82, 2.24) is 0 Å². The number of hydrogen-bond acceptors (Lipinski definition) is 3. The minimum Gasteiger partial charge on any atom is -0.481 e. The van der Waals surface area contributed by atoms with Crippen molar-refractivity contribution in [2.24, 2.45) is 0 Å².